The summed E-state index contributed by atoms with van der Waals surface area (Å²) in [5, 5.41) is 2.77. The molecule has 0 unspecified atom stereocenters. The van der Waals surface area contributed by atoms with Gasteiger partial charge in [-0.05, 0) is 18.9 Å². The summed E-state index contributed by atoms with van der Waals surface area (Å²) < 4.78 is 45.5. The first-order valence-electron chi connectivity index (χ1n) is 7.97. The first kappa shape index (κ1) is 17.7. The van der Waals surface area contributed by atoms with Gasteiger partial charge in [0.1, 0.15) is 5.75 Å². The number of carbonyl (C=O) groups is 1. The smallest absolute Gasteiger partial charge is 0.387 e. The molecule has 0 aliphatic carbocycles. The molecule has 9 heteroatoms. The molecule has 1 saturated heterocycles. The number of amides is 1. The number of hydrogen-bond donors (Lipinski definition) is 2. The lowest BCUT2D eigenvalue weighted by molar-refractivity contribution is -0.136. The number of nitrogens with two attached hydrogens (primary N) is 1. The van der Waals surface area contributed by atoms with Gasteiger partial charge in [0.05, 0.1) is 5.41 Å². The van der Waals surface area contributed by atoms with Crippen LogP contribution in [0.2, 0.25) is 0 Å². The van der Waals surface area contributed by atoms with E-state index in [-0.39, 0.29) is 31.5 Å². The van der Waals surface area contributed by atoms with Crippen LogP contribution in [0.5, 0.6) is 17.2 Å². The van der Waals surface area contributed by atoms with E-state index in [1.807, 2.05) is 0 Å². The summed E-state index contributed by atoms with van der Waals surface area (Å²) in [7, 11) is 0. The van der Waals surface area contributed by atoms with Gasteiger partial charge in [-0.1, -0.05) is 0 Å². The molecule has 2 aliphatic rings. The molecule has 7 nitrogen and oxygen atoms in total. The summed E-state index contributed by atoms with van der Waals surface area (Å²) in [5.41, 5.74) is 5.48. The van der Waals surface area contributed by atoms with Crippen molar-refractivity contribution in [2.24, 2.45) is 11.1 Å². The SMILES string of the molecule is NCC1(C(=O)NCc2cc3c(cc2OC(F)F)OCO3)CCOCC1. The highest BCUT2D eigenvalue weighted by molar-refractivity contribution is 5.83. The van der Waals surface area contributed by atoms with Crippen LogP contribution in [-0.4, -0.2) is 39.1 Å². The minimum Gasteiger partial charge on any atom is -0.454 e. The highest BCUT2D eigenvalue weighted by Gasteiger charge is 2.38. The Morgan fingerprint density at radius 1 is 1.28 bits per heavy atom. The highest BCUT2D eigenvalue weighted by atomic mass is 19.3. The monoisotopic (exact) mass is 358 g/mol. The number of alkyl halides is 2. The number of ether oxygens (including phenoxy) is 4. The van der Waals surface area contributed by atoms with E-state index in [2.05, 4.69) is 10.1 Å². The Morgan fingerprint density at radius 3 is 2.60 bits per heavy atom. The molecule has 2 aliphatic heterocycles. The summed E-state index contributed by atoms with van der Waals surface area (Å²) in [4.78, 5) is 12.6. The van der Waals surface area contributed by atoms with E-state index in [1.54, 1.807) is 0 Å². The van der Waals surface area contributed by atoms with Gasteiger partial charge in [0.15, 0.2) is 11.5 Å². The van der Waals surface area contributed by atoms with E-state index in [9.17, 15) is 13.6 Å². The molecule has 0 spiro atoms. The standard InChI is InChI=1S/C16H20F2N2O5/c17-15(18)25-11-6-13-12(23-9-24-13)5-10(11)7-20-14(21)16(8-19)1-3-22-4-2-16/h5-6,15H,1-4,7-9,19H2,(H,20,21). The van der Waals surface area contributed by atoms with Crippen LogP contribution in [0.4, 0.5) is 8.78 Å². The van der Waals surface area contributed by atoms with Gasteiger partial charge in [0, 0.05) is 37.9 Å². The predicted octanol–water partition coefficient (Wildman–Crippen LogP) is 1.39. The van der Waals surface area contributed by atoms with Gasteiger partial charge in [-0.2, -0.15) is 8.78 Å². The third-order valence-corrected chi connectivity index (χ3v) is 4.53. The molecule has 3 rings (SSSR count). The Morgan fingerprint density at radius 2 is 1.96 bits per heavy atom. The van der Waals surface area contributed by atoms with E-state index < -0.39 is 12.0 Å². The second-order valence-electron chi connectivity index (χ2n) is 5.97. The second kappa shape index (κ2) is 7.40. The molecular formula is C16H20F2N2O5. The average Bonchev–Trinajstić information content (AvgIpc) is 3.06. The number of nitrogens with one attached hydrogen (secondary N) is 1. The van der Waals surface area contributed by atoms with Crippen LogP contribution in [0, 0.1) is 5.41 Å². The van der Waals surface area contributed by atoms with Gasteiger partial charge in [0.25, 0.3) is 0 Å². The Hall–Kier alpha value is -2.13. The van der Waals surface area contributed by atoms with Gasteiger partial charge < -0.3 is 30.0 Å². The number of carbonyl (C=O) groups excluding carboxylic acids is 1. The number of benzene rings is 1. The summed E-state index contributed by atoms with van der Waals surface area (Å²) in [5.74, 6) is 0.464. The lowest BCUT2D eigenvalue weighted by Crippen LogP contribution is -2.49. The van der Waals surface area contributed by atoms with E-state index in [4.69, 9.17) is 19.9 Å². The fraction of sp³-hybridized carbons (Fsp3) is 0.562. The van der Waals surface area contributed by atoms with Gasteiger partial charge in [0.2, 0.25) is 12.7 Å². The molecule has 1 aromatic carbocycles. The maximum atomic E-state index is 12.6. The van der Waals surface area contributed by atoms with E-state index >= 15 is 0 Å². The van der Waals surface area contributed by atoms with Gasteiger partial charge in [-0.15, -0.1) is 0 Å². The normalized spacial score (nSPS) is 18.2. The number of rotatable bonds is 6. The number of halogens is 2. The van der Waals surface area contributed by atoms with Crippen LogP contribution in [0.1, 0.15) is 18.4 Å². The fourth-order valence-electron chi connectivity index (χ4n) is 2.96. The van der Waals surface area contributed by atoms with Gasteiger partial charge >= 0.3 is 6.61 Å². The molecule has 1 amide bonds. The van der Waals surface area contributed by atoms with Crippen molar-refractivity contribution in [3.05, 3.63) is 17.7 Å². The van der Waals surface area contributed by atoms with Crippen molar-refractivity contribution in [3.63, 3.8) is 0 Å². The topological polar surface area (TPSA) is 92.0 Å². The van der Waals surface area contributed by atoms with Crippen LogP contribution in [0.15, 0.2) is 12.1 Å². The summed E-state index contributed by atoms with van der Waals surface area (Å²) in [6.45, 7) is -1.83. The van der Waals surface area contributed by atoms with Crippen LogP contribution >= 0.6 is 0 Å². The zero-order valence-electron chi connectivity index (χ0n) is 13.6. The Balaban J connectivity index is 1.74. The van der Waals surface area contributed by atoms with Crippen molar-refractivity contribution in [1.82, 2.24) is 5.32 Å². The van der Waals surface area contributed by atoms with Crippen molar-refractivity contribution < 1.29 is 32.5 Å². The number of fused-ring (bicyclic) bond motifs is 1. The highest BCUT2D eigenvalue weighted by Crippen LogP contribution is 2.39. The number of hydrogen-bond acceptors (Lipinski definition) is 6. The molecule has 0 aromatic heterocycles. The molecule has 0 saturated carbocycles. The average molecular weight is 358 g/mol. The van der Waals surface area contributed by atoms with Gasteiger partial charge in [-0.25, -0.2) is 0 Å². The van der Waals surface area contributed by atoms with Crippen molar-refractivity contribution in [2.75, 3.05) is 26.6 Å². The minimum absolute atomic E-state index is 0.00947. The molecule has 25 heavy (non-hydrogen) atoms. The Bertz CT molecular complexity index is 635. The first-order chi connectivity index (χ1) is 12.0. The van der Waals surface area contributed by atoms with Crippen molar-refractivity contribution in [2.45, 2.75) is 26.0 Å². The molecule has 2 heterocycles. The summed E-state index contributed by atoms with van der Waals surface area (Å²) in [6, 6.07) is 2.86. The Labute approximate surface area is 143 Å². The first-order valence-corrected chi connectivity index (χ1v) is 7.97. The van der Waals surface area contributed by atoms with Gasteiger partial charge in [-0.3, -0.25) is 4.79 Å². The van der Waals surface area contributed by atoms with Crippen LogP contribution in [-0.2, 0) is 16.1 Å². The zero-order chi connectivity index (χ0) is 17.9. The minimum atomic E-state index is -2.99. The zero-order valence-corrected chi connectivity index (χ0v) is 13.6. The molecule has 0 radical (unpaired) electrons. The lowest BCUT2D eigenvalue weighted by Gasteiger charge is -2.34. The molecule has 1 fully saturated rings. The van der Waals surface area contributed by atoms with Crippen LogP contribution in [0.25, 0.3) is 0 Å². The van der Waals surface area contributed by atoms with Crippen molar-refractivity contribution in [3.8, 4) is 17.2 Å². The second-order valence-corrected chi connectivity index (χ2v) is 5.97. The van der Waals surface area contributed by atoms with Crippen molar-refractivity contribution >= 4 is 5.91 Å². The molecule has 1 aromatic rings. The third-order valence-electron chi connectivity index (χ3n) is 4.53. The summed E-state index contributed by atoms with van der Waals surface area (Å²) in [6.07, 6.45) is 1.05. The van der Waals surface area contributed by atoms with Crippen LogP contribution < -0.4 is 25.3 Å². The van der Waals surface area contributed by atoms with Crippen molar-refractivity contribution in [1.29, 1.82) is 0 Å². The quantitative estimate of drug-likeness (QED) is 0.798. The largest absolute Gasteiger partial charge is 0.454 e. The molecule has 0 bridgehead atoms. The molecule has 138 valence electrons. The molecule has 3 N–H and O–H groups in total. The fourth-order valence-corrected chi connectivity index (χ4v) is 2.96. The van der Waals surface area contributed by atoms with E-state index in [1.165, 1.54) is 12.1 Å². The lowest BCUT2D eigenvalue weighted by atomic mass is 9.79. The summed E-state index contributed by atoms with van der Waals surface area (Å²) >= 11 is 0. The Kier molecular flexibility index (Phi) is 5.24. The third kappa shape index (κ3) is 3.77. The predicted molar refractivity (Wildman–Crippen MR) is 82.6 cm³/mol. The van der Waals surface area contributed by atoms with E-state index in [0.29, 0.717) is 43.1 Å². The maximum Gasteiger partial charge on any atom is 0.387 e. The molecule has 0 atom stereocenters. The van der Waals surface area contributed by atoms with E-state index in [0.717, 1.165) is 0 Å². The van der Waals surface area contributed by atoms with Crippen LogP contribution in [0.3, 0.4) is 0 Å². The molecular weight excluding hydrogens is 338 g/mol. The maximum absolute atomic E-state index is 12.6.